The zero-order valence-corrected chi connectivity index (χ0v) is 17.1. The molecule has 0 aromatic carbocycles. The van der Waals surface area contributed by atoms with Gasteiger partial charge in [-0.1, -0.05) is 6.07 Å². The highest BCUT2D eigenvalue weighted by atomic mass is 19.4. The molecule has 1 amide bonds. The van der Waals surface area contributed by atoms with Crippen molar-refractivity contribution < 1.29 is 27.5 Å². The highest BCUT2D eigenvalue weighted by molar-refractivity contribution is 5.77. The quantitative estimate of drug-likeness (QED) is 0.614. The van der Waals surface area contributed by atoms with Crippen molar-refractivity contribution >= 4 is 12.4 Å². The van der Waals surface area contributed by atoms with E-state index in [1.165, 1.54) is 12.3 Å². The van der Waals surface area contributed by atoms with Crippen LogP contribution in [0.4, 0.5) is 13.2 Å². The summed E-state index contributed by atoms with van der Waals surface area (Å²) in [5.74, 6) is 0.525. The maximum atomic E-state index is 12.6. The van der Waals surface area contributed by atoms with Crippen LogP contribution in [0.1, 0.15) is 43.4 Å². The number of ether oxygens (including phenoxy) is 1. The van der Waals surface area contributed by atoms with E-state index in [0.29, 0.717) is 25.2 Å². The first-order valence-corrected chi connectivity index (χ1v) is 10.3. The van der Waals surface area contributed by atoms with Crippen LogP contribution in [0.2, 0.25) is 0 Å². The number of rotatable bonds is 9. The molecule has 1 aliphatic heterocycles. The molecule has 6 nitrogen and oxygen atoms in total. The van der Waals surface area contributed by atoms with Crippen LogP contribution in [0.15, 0.2) is 18.3 Å². The number of aromatic nitrogens is 1. The third-order valence-corrected chi connectivity index (χ3v) is 6.33. The molecule has 166 valence electrons. The smallest absolute Gasteiger partial charge is 0.433 e. The van der Waals surface area contributed by atoms with Crippen LogP contribution < -0.4 is 5.32 Å². The van der Waals surface area contributed by atoms with E-state index in [0.717, 1.165) is 50.4 Å². The molecule has 2 heterocycles. The van der Waals surface area contributed by atoms with E-state index in [-0.39, 0.29) is 24.0 Å². The largest absolute Gasteiger partial charge is 0.466 e. The first-order valence-electron chi connectivity index (χ1n) is 10.3. The minimum atomic E-state index is -4.41. The number of nitrogens with one attached hydrogen (secondary N) is 1. The molecular weight excluding hydrogens is 399 g/mol. The molecule has 0 radical (unpaired) electrons. The fraction of sp³-hybridized carbons (Fsp3) is 0.667. The minimum absolute atomic E-state index is 0.0393. The standard InChI is InChI=1S/C21H28F3N3O3/c1-25-17(11-30-14-28)3-5-19(29)27-12-20(13-27)7-6-15(9-20)8-16-2-4-18(26-10-16)21(22,23)24/h2,4,10,14-15,17,25H,3,5-9,11-13H2,1H3. The summed E-state index contributed by atoms with van der Waals surface area (Å²) in [6.45, 7) is 2.16. The Morgan fingerprint density at radius 3 is 2.80 bits per heavy atom. The summed E-state index contributed by atoms with van der Waals surface area (Å²) >= 11 is 0. The molecule has 30 heavy (non-hydrogen) atoms. The van der Waals surface area contributed by atoms with Crippen molar-refractivity contribution in [3.05, 3.63) is 29.6 Å². The Kier molecular flexibility index (Phi) is 7.00. The van der Waals surface area contributed by atoms with Crippen LogP contribution in [0.5, 0.6) is 0 Å². The summed E-state index contributed by atoms with van der Waals surface area (Å²) < 4.78 is 42.7. The number of carbonyl (C=O) groups is 2. The second-order valence-corrected chi connectivity index (χ2v) is 8.57. The van der Waals surface area contributed by atoms with Gasteiger partial charge in [0.15, 0.2) is 0 Å². The van der Waals surface area contributed by atoms with Gasteiger partial charge in [-0.2, -0.15) is 13.2 Å². The molecule has 0 bridgehead atoms. The summed E-state index contributed by atoms with van der Waals surface area (Å²) in [6, 6.07) is 2.52. The van der Waals surface area contributed by atoms with E-state index < -0.39 is 11.9 Å². The molecule has 2 unspecified atom stereocenters. The Morgan fingerprint density at radius 1 is 1.43 bits per heavy atom. The van der Waals surface area contributed by atoms with Crippen molar-refractivity contribution in [3.8, 4) is 0 Å². The number of pyridine rings is 1. The Morgan fingerprint density at radius 2 is 2.20 bits per heavy atom. The van der Waals surface area contributed by atoms with Crippen LogP contribution in [0, 0.1) is 11.3 Å². The molecule has 1 aliphatic carbocycles. The lowest BCUT2D eigenvalue weighted by Crippen LogP contribution is -2.57. The fourth-order valence-electron chi connectivity index (χ4n) is 4.70. The van der Waals surface area contributed by atoms with Crippen LogP contribution in [-0.4, -0.2) is 55.0 Å². The van der Waals surface area contributed by atoms with Gasteiger partial charge in [0.25, 0.3) is 6.47 Å². The number of likely N-dealkylation sites (tertiary alicyclic amines) is 1. The van der Waals surface area contributed by atoms with Crippen LogP contribution in [0.25, 0.3) is 0 Å². The van der Waals surface area contributed by atoms with E-state index >= 15 is 0 Å². The second-order valence-electron chi connectivity index (χ2n) is 8.57. The van der Waals surface area contributed by atoms with Gasteiger partial charge >= 0.3 is 6.18 Å². The second kappa shape index (κ2) is 9.32. The lowest BCUT2D eigenvalue weighted by molar-refractivity contribution is -0.143. The van der Waals surface area contributed by atoms with Gasteiger partial charge in [0.05, 0.1) is 0 Å². The molecule has 3 rings (SSSR count). The number of amides is 1. The molecule has 1 spiro atoms. The first-order chi connectivity index (χ1) is 14.2. The predicted octanol–water partition coefficient (Wildman–Crippen LogP) is 2.81. The molecule has 2 aliphatic rings. The molecule has 1 aromatic heterocycles. The van der Waals surface area contributed by atoms with E-state index in [9.17, 15) is 22.8 Å². The van der Waals surface area contributed by atoms with Crippen molar-refractivity contribution in [1.29, 1.82) is 0 Å². The molecule has 9 heteroatoms. The van der Waals surface area contributed by atoms with Crippen molar-refractivity contribution in [1.82, 2.24) is 15.2 Å². The monoisotopic (exact) mass is 427 g/mol. The minimum Gasteiger partial charge on any atom is -0.466 e. The van der Waals surface area contributed by atoms with Gasteiger partial charge < -0.3 is 15.0 Å². The van der Waals surface area contributed by atoms with E-state index in [1.54, 1.807) is 7.05 Å². The molecule has 1 saturated carbocycles. The number of nitrogens with zero attached hydrogens (tertiary/aromatic N) is 2. The molecule has 2 atom stereocenters. The van der Waals surface area contributed by atoms with E-state index in [4.69, 9.17) is 4.74 Å². The summed E-state index contributed by atoms with van der Waals surface area (Å²) in [7, 11) is 1.77. The van der Waals surface area contributed by atoms with Crippen LogP contribution in [0.3, 0.4) is 0 Å². The summed E-state index contributed by atoms with van der Waals surface area (Å²) in [5.41, 5.74) is 0.122. The van der Waals surface area contributed by atoms with Crippen molar-refractivity contribution in [2.75, 3.05) is 26.7 Å². The lowest BCUT2D eigenvalue weighted by Gasteiger charge is -2.48. The predicted molar refractivity (Wildman–Crippen MR) is 103 cm³/mol. The number of hydrogen-bond donors (Lipinski definition) is 1. The average Bonchev–Trinajstić information content (AvgIpc) is 3.11. The summed E-state index contributed by atoms with van der Waals surface area (Å²) in [5, 5.41) is 3.03. The van der Waals surface area contributed by atoms with Gasteiger partial charge in [0, 0.05) is 37.2 Å². The zero-order valence-electron chi connectivity index (χ0n) is 17.1. The Hall–Kier alpha value is -2.16. The molecule has 2 fully saturated rings. The van der Waals surface area contributed by atoms with E-state index in [1.807, 2.05) is 4.90 Å². The number of alkyl halides is 3. The third-order valence-electron chi connectivity index (χ3n) is 6.33. The van der Waals surface area contributed by atoms with Gasteiger partial charge in [-0.3, -0.25) is 14.6 Å². The summed E-state index contributed by atoms with van der Waals surface area (Å²) in [6.07, 6.45) is 1.71. The maximum absolute atomic E-state index is 12.6. The zero-order chi connectivity index (χ0) is 21.8. The topological polar surface area (TPSA) is 71.5 Å². The molecule has 1 saturated heterocycles. The van der Waals surface area contributed by atoms with Crippen molar-refractivity contribution in [2.45, 2.75) is 50.7 Å². The Labute approximate surface area is 174 Å². The highest BCUT2D eigenvalue weighted by Crippen LogP contribution is 2.49. The number of carbonyl (C=O) groups excluding carboxylic acids is 2. The average molecular weight is 427 g/mol. The number of hydrogen-bond acceptors (Lipinski definition) is 5. The van der Waals surface area contributed by atoms with Crippen LogP contribution in [-0.2, 0) is 26.9 Å². The lowest BCUT2D eigenvalue weighted by atomic mass is 9.77. The van der Waals surface area contributed by atoms with Crippen molar-refractivity contribution in [3.63, 3.8) is 0 Å². The van der Waals surface area contributed by atoms with E-state index in [2.05, 4.69) is 10.3 Å². The van der Waals surface area contributed by atoms with Gasteiger partial charge in [0.1, 0.15) is 12.3 Å². The van der Waals surface area contributed by atoms with Gasteiger partial charge in [-0.05, 0) is 56.7 Å². The number of halogens is 3. The molecule has 1 aromatic rings. The van der Waals surface area contributed by atoms with Crippen LogP contribution >= 0.6 is 0 Å². The highest BCUT2D eigenvalue weighted by Gasteiger charge is 2.49. The van der Waals surface area contributed by atoms with Gasteiger partial charge in [-0.15, -0.1) is 0 Å². The van der Waals surface area contributed by atoms with Gasteiger partial charge in [0.2, 0.25) is 5.91 Å². The van der Waals surface area contributed by atoms with Gasteiger partial charge in [-0.25, -0.2) is 0 Å². The third kappa shape index (κ3) is 5.50. The first kappa shape index (κ1) is 22.5. The maximum Gasteiger partial charge on any atom is 0.433 e. The van der Waals surface area contributed by atoms with Crippen molar-refractivity contribution in [2.24, 2.45) is 11.3 Å². The fourth-order valence-corrected chi connectivity index (χ4v) is 4.70. The normalized spacial score (nSPS) is 21.3. The summed E-state index contributed by atoms with van der Waals surface area (Å²) in [4.78, 5) is 28.2. The molecular formula is C21H28F3N3O3. The Balaban J connectivity index is 1.42. The Bertz CT molecular complexity index is 733. The number of likely N-dealkylation sites (N-methyl/N-ethyl adjacent to an activating group) is 1. The SMILES string of the molecule is CNC(CCC(=O)N1CC2(CCC(Cc3ccc(C(F)(F)F)nc3)C2)C1)COC=O. The molecule has 1 N–H and O–H groups in total.